The van der Waals surface area contributed by atoms with E-state index < -0.39 is 10.3 Å². The lowest BCUT2D eigenvalue weighted by atomic mass is 10.1. The van der Waals surface area contributed by atoms with Crippen LogP contribution in [0.4, 0.5) is 0 Å². The van der Waals surface area contributed by atoms with Gasteiger partial charge in [0.1, 0.15) is 0 Å². The highest BCUT2D eigenvalue weighted by molar-refractivity contribution is 8.27. The summed E-state index contributed by atoms with van der Waals surface area (Å²) < 4.78 is 10.3. The first-order valence-corrected chi connectivity index (χ1v) is 11.0. The number of hydrogen-bond donors (Lipinski definition) is 1. The quantitative estimate of drug-likeness (QED) is 0.618. The minimum absolute atomic E-state index is 0.475. The van der Waals surface area contributed by atoms with E-state index in [1.54, 1.807) is 30.0 Å². The van der Waals surface area contributed by atoms with Crippen LogP contribution >= 0.6 is 33.2 Å². The van der Waals surface area contributed by atoms with Gasteiger partial charge >= 0.3 is 0 Å². The first kappa shape index (κ1) is 17.4. The van der Waals surface area contributed by atoms with E-state index in [4.69, 9.17) is 16.6 Å². The fourth-order valence-electron chi connectivity index (χ4n) is 2.23. The van der Waals surface area contributed by atoms with Crippen molar-refractivity contribution >= 4 is 33.2 Å². The lowest BCUT2D eigenvalue weighted by Gasteiger charge is -2.21. The molecule has 0 aliphatic heterocycles. The number of nitrogens with zero attached hydrogens (tertiary/aromatic N) is 3. The first-order chi connectivity index (χ1) is 11.4. The number of rotatable bonds is 4. The number of benzene rings is 1. The first-order valence-electron chi connectivity index (χ1n) is 7.43. The summed E-state index contributed by atoms with van der Waals surface area (Å²) in [6, 6.07) is 9.52. The maximum absolute atomic E-state index is 10.3. The summed E-state index contributed by atoms with van der Waals surface area (Å²) in [5.74, 6) is 0. The topological polar surface area (TPSA) is 58.9 Å². The van der Waals surface area contributed by atoms with Crippen molar-refractivity contribution in [2.75, 3.05) is 12.5 Å². The molecular weight excluding hydrogens is 362 g/mol. The second-order valence-electron chi connectivity index (χ2n) is 5.65. The van der Waals surface area contributed by atoms with Gasteiger partial charge in [0.2, 0.25) is 0 Å². The van der Waals surface area contributed by atoms with Gasteiger partial charge in [-0.25, -0.2) is 15.0 Å². The average molecular weight is 380 g/mol. The number of aryl methyl sites for hydroxylation is 1. The summed E-state index contributed by atoms with van der Waals surface area (Å²) in [6.07, 6.45) is 6.06. The third-order valence-electron chi connectivity index (χ3n) is 3.38. The standard InChI is InChI=1S/C17H18ClN3OS2/c1-4-14-21-15(11-6-5-7-12(18)10-11)16(23-14)13-8-9-19-17(20-13)24(2,3)22/h5-10,22H,4H2,1-3H3. The Kier molecular flexibility index (Phi) is 4.92. The molecule has 1 aromatic carbocycles. The van der Waals surface area contributed by atoms with Crippen molar-refractivity contribution in [1.82, 2.24) is 15.0 Å². The molecule has 0 amide bonds. The zero-order valence-electron chi connectivity index (χ0n) is 13.7. The Labute approximate surface area is 152 Å². The van der Waals surface area contributed by atoms with E-state index in [0.717, 1.165) is 33.3 Å². The van der Waals surface area contributed by atoms with Crippen molar-refractivity contribution in [2.24, 2.45) is 0 Å². The predicted molar refractivity (Wildman–Crippen MR) is 103 cm³/mol. The molecule has 2 heterocycles. The lowest BCUT2D eigenvalue weighted by molar-refractivity contribution is 0.626. The van der Waals surface area contributed by atoms with Crippen molar-refractivity contribution in [3.8, 4) is 21.8 Å². The molecule has 0 bridgehead atoms. The third-order valence-corrected chi connectivity index (χ3v) is 5.93. The number of thiazole rings is 1. The van der Waals surface area contributed by atoms with E-state index in [1.165, 1.54) is 0 Å². The highest BCUT2D eigenvalue weighted by atomic mass is 35.5. The molecule has 1 N–H and O–H groups in total. The second-order valence-corrected chi connectivity index (χ2v) is 10.1. The van der Waals surface area contributed by atoms with Crippen molar-refractivity contribution < 1.29 is 4.55 Å². The molecule has 7 heteroatoms. The zero-order valence-corrected chi connectivity index (χ0v) is 16.0. The average Bonchev–Trinajstić information content (AvgIpc) is 2.99. The van der Waals surface area contributed by atoms with Gasteiger partial charge in [0.25, 0.3) is 0 Å². The Morgan fingerprint density at radius 1 is 1.21 bits per heavy atom. The molecule has 0 saturated carbocycles. The molecule has 0 spiro atoms. The highest BCUT2D eigenvalue weighted by Crippen LogP contribution is 2.43. The van der Waals surface area contributed by atoms with Crippen LogP contribution in [0.2, 0.25) is 5.02 Å². The molecule has 0 aliphatic carbocycles. The molecule has 0 fully saturated rings. The fraction of sp³-hybridized carbons (Fsp3) is 0.235. The van der Waals surface area contributed by atoms with E-state index in [9.17, 15) is 4.55 Å². The van der Waals surface area contributed by atoms with Gasteiger partial charge in [-0.05, 0) is 37.1 Å². The Balaban J connectivity index is 2.16. The maximum Gasteiger partial charge on any atom is 0.192 e. The summed E-state index contributed by atoms with van der Waals surface area (Å²) in [4.78, 5) is 14.5. The van der Waals surface area contributed by atoms with Gasteiger partial charge < -0.3 is 4.55 Å². The molecule has 4 nitrogen and oxygen atoms in total. The molecule has 0 saturated heterocycles. The summed E-state index contributed by atoms with van der Waals surface area (Å²) in [6.45, 7) is 2.08. The summed E-state index contributed by atoms with van der Waals surface area (Å²) in [7, 11) is -1.98. The minimum atomic E-state index is -1.98. The summed E-state index contributed by atoms with van der Waals surface area (Å²) in [5, 5.41) is 2.19. The van der Waals surface area contributed by atoms with Crippen molar-refractivity contribution in [3.63, 3.8) is 0 Å². The highest BCUT2D eigenvalue weighted by Gasteiger charge is 2.19. The van der Waals surface area contributed by atoms with E-state index >= 15 is 0 Å². The Hall–Kier alpha value is -1.47. The van der Waals surface area contributed by atoms with Crippen LogP contribution in [-0.4, -0.2) is 32.0 Å². The monoisotopic (exact) mass is 379 g/mol. The molecule has 24 heavy (non-hydrogen) atoms. The largest absolute Gasteiger partial charge is 0.345 e. The van der Waals surface area contributed by atoms with Gasteiger partial charge in [0.05, 0.1) is 21.3 Å². The van der Waals surface area contributed by atoms with Crippen LogP contribution < -0.4 is 0 Å². The van der Waals surface area contributed by atoms with Crippen LogP contribution in [0.15, 0.2) is 41.7 Å². The molecule has 3 rings (SSSR count). The summed E-state index contributed by atoms with van der Waals surface area (Å²) in [5.41, 5.74) is 2.61. The maximum atomic E-state index is 10.3. The van der Waals surface area contributed by atoms with Crippen LogP contribution in [0.25, 0.3) is 21.8 Å². The number of halogens is 1. The van der Waals surface area contributed by atoms with E-state index in [-0.39, 0.29) is 0 Å². The van der Waals surface area contributed by atoms with Gasteiger partial charge in [0, 0.05) is 16.8 Å². The van der Waals surface area contributed by atoms with Gasteiger partial charge in [0.15, 0.2) is 5.16 Å². The van der Waals surface area contributed by atoms with Crippen LogP contribution in [0.1, 0.15) is 11.9 Å². The van der Waals surface area contributed by atoms with Crippen LogP contribution in [0.5, 0.6) is 0 Å². The molecule has 2 aromatic heterocycles. The van der Waals surface area contributed by atoms with Crippen LogP contribution in [-0.2, 0) is 6.42 Å². The van der Waals surface area contributed by atoms with Crippen molar-refractivity contribution in [2.45, 2.75) is 18.5 Å². The van der Waals surface area contributed by atoms with Gasteiger partial charge in [-0.15, -0.1) is 11.3 Å². The van der Waals surface area contributed by atoms with Gasteiger partial charge in [-0.2, -0.15) is 0 Å². The van der Waals surface area contributed by atoms with Gasteiger partial charge in [-0.3, -0.25) is 0 Å². The Morgan fingerprint density at radius 2 is 2.00 bits per heavy atom. The molecule has 0 atom stereocenters. The van der Waals surface area contributed by atoms with Gasteiger partial charge in [-0.1, -0.05) is 41.0 Å². The molecule has 0 unspecified atom stereocenters. The molecule has 0 radical (unpaired) electrons. The fourth-order valence-corrected chi connectivity index (χ4v) is 4.05. The SMILES string of the molecule is CCc1nc(-c2cccc(Cl)c2)c(-c2ccnc(S(C)(C)O)n2)s1. The van der Waals surface area contributed by atoms with Crippen LogP contribution in [0.3, 0.4) is 0 Å². The van der Waals surface area contributed by atoms with E-state index in [2.05, 4.69) is 16.9 Å². The zero-order chi connectivity index (χ0) is 17.3. The van der Waals surface area contributed by atoms with E-state index in [1.807, 2.05) is 30.3 Å². The number of hydrogen-bond acceptors (Lipinski definition) is 5. The third kappa shape index (κ3) is 3.62. The van der Waals surface area contributed by atoms with Crippen molar-refractivity contribution in [1.29, 1.82) is 0 Å². The Morgan fingerprint density at radius 3 is 2.67 bits per heavy atom. The molecule has 0 aliphatic rings. The Bertz CT molecular complexity index is 874. The smallest absolute Gasteiger partial charge is 0.192 e. The lowest BCUT2D eigenvalue weighted by Crippen LogP contribution is -2.01. The van der Waals surface area contributed by atoms with E-state index in [0.29, 0.717) is 10.2 Å². The van der Waals surface area contributed by atoms with Crippen molar-refractivity contribution in [3.05, 3.63) is 46.6 Å². The minimum Gasteiger partial charge on any atom is -0.345 e. The second kappa shape index (κ2) is 6.80. The molecule has 126 valence electrons. The predicted octanol–water partition coefficient (Wildman–Crippen LogP) is 5.38. The van der Waals surface area contributed by atoms with Crippen LogP contribution in [0, 0.1) is 0 Å². The molecular formula is C17H18ClN3OS2. The molecule has 3 aromatic rings. The summed E-state index contributed by atoms with van der Waals surface area (Å²) >= 11 is 7.75. The normalized spacial score (nSPS) is 12.4. The number of aromatic nitrogens is 3.